The smallest absolute Gasteiger partial charge is 0.0471 e. The van der Waals surface area contributed by atoms with E-state index in [1.165, 1.54) is 19.3 Å². The molecule has 0 aromatic rings. The highest BCUT2D eigenvalue weighted by Crippen LogP contribution is 2.17. The quantitative estimate of drug-likeness (QED) is 0.610. The highest BCUT2D eigenvalue weighted by atomic mass is 16.5. The van der Waals surface area contributed by atoms with E-state index >= 15 is 0 Å². The van der Waals surface area contributed by atoms with Crippen LogP contribution < -0.4 is 5.32 Å². The molecule has 0 saturated heterocycles. The third-order valence-corrected chi connectivity index (χ3v) is 2.82. The van der Waals surface area contributed by atoms with Gasteiger partial charge >= 0.3 is 0 Å². The number of hydrogen-bond donors (Lipinski definition) is 1. The molecule has 16 heavy (non-hydrogen) atoms. The molecule has 0 aromatic heterocycles. The molecule has 1 N–H and O–H groups in total. The first-order valence-electron chi connectivity index (χ1n) is 6.80. The molecule has 1 unspecified atom stereocenters. The molecule has 2 nitrogen and oxygen atoms in total. The molecule has 0 saturated carbocycles. The summed E-state index contributed by atoms with van der Waals surface area (Å²) in [5.74, 6) is 0. The van der Waals surface area contributed by atoms with E-state index in [0.29, 0.717) is 11.5 Å². The Morgan fingerprint density at radius 2 is 1.81 bits per heavy atom. The van der Waals surface area contributed by atoms with Crippen LogP contribution in [0, 0.1) is 5.41 Å². The van der Waals surface area contributed by atoms with Crippen molar-refractivity contribution >= 4 is 0 Å². The Kier molecular flexibility index (Phi) is 8.96. The Morgan fingerprint density at radius 3 is 2.31 bits per heavy atom. The molecule has 0 aliphatic rings. The molecular formula is C14H31NO. The van der Waals surface area contributed by atoms with E-state index in [1.807, 2.05) is 0 Å². The van der Waals surface area contributed by atoms with Crippen molar-refractivity contribution in [3.63, 3.8) is 0 Å². The highest BCUT2D eigenvalue weighted by Gasteiger charge is 2.09. The van der Waals surface area contributed by atoms with E-state index in [2.05, 4.69) is 39.9 Å². The zero-order chi connectivity index (χ0) is 12.4. The number of nitrogens with one attached hydrogen (secondary N) is 1. The van der Waals surface area contributed by atoms with Crippen LogP contribution in [0.4, 0.5) is 0 Å². The SMILES string of the molecule is CCNC(CC)CCCOCCC(C)(C)C. The predicted octanol–water partition coefficient (Wildman–Crippen LogP) is 3.61. The summed E-state index contributed by atoms with van der Waals surface area (Å²) in [6.45, 7) is 14.1. The summed E-state index contributed by atoms with van der Waals surface area (Å²) >= 11 is 0. The summed E-state index contributed by atoms with van der Waals surface area (Å²) in [6, 6.07) is 0.677. The fourth-order valence-electron chi connectivity index (χ4n) is 1.65. The summed E-state index contributed by atoms with van der Waals surface area (Å²) in [7, 11) is 0. The first-order valence-corrected chi connectivity index (χ1v) is 6.80. The summed E-state index contributed by atoms with van der Waals surface area (Å²) in [6.07, 6.45) is 4.78. The van der Waals surface area contributed by atoms with Crippen molar-refractivity contribution in [1.29, 1.82) is 0 Å². The van der Waals surface area contributed by atoms with Crippen molar-refractivity contribution in [2.75, 3.05) is 19.8 Å². The monoisotopic (exact) mass is 229 g/mol. The normalized spacial score (nSPS) is 14.1. The lowest BCUT2D eigenvalue weighted by atomic mass is 9.93. The van der Waals surface area contributed by atoms with Gasteiger partial charge in [-0.2, -0.15) is 0 Å². The van der Waals surface area contributed by atoms with E-state index < -0.39 is 0 Å². The third kappa shape index (κ3) is 10.4. The van der Waals surface area contributed by atoms with Crippen molar-refractivity contribution in [2.45, 2.75) is 66.3 Å². The van der Waals surface area contributed by atoms with Crippen molar-refractivity contribution in [3.8, 4) is 0 Å². The zero-order valence-corrected chi connectivity index (χ0v) is 11.9. The largest absolute Gasteiger partial charge is 0.381 e. The molecule has 0 spiro atoms. The van der Waals surface area contributed by atoms with Crippen LogP contribution in [0.2, 0.25) is 0 Å². The molecule has 0 aromatic carbocycles. The van der Waals surface area contributed by atoms with Gasteiger partial charge in [-0.15, -0.1) is 0 Å². The van der Waals surface area contributed by atoms with E-state index in [1.54, 1.807) is 0 Å². The number of hydrogen-bond acceptors (Lipinski definition) is 2. The average Bonchev–Trinajstić information content (AvgIpc) is 2.20. The second-order valence-corrected chi connectivity index (χ2v) is 5.73. The predicted molar refractivity (Wildman–Crippen MR) is 71.9 cm³/mol. The Morgan fingerprint density at radius 1 is 1.12 bits per heavy atom. The molecule has 2 heteroatoms. The van der Waals surface area contributed by atoms with Crippen LogP contribution in [-0.4, -0.2) is 25.8 Å². The van der Waals surface area contributed by atoms with Gasteiger partial charge in [0.1, 0.15) is 0 Å². The Labute approximate surface area is 102 Å². The molecule has 0 radical (unpaired) electrons. The highest BCUT2D eigenvalue weighted by molar-refractivity contribution is 4.63. The maximum Gasteiger partial charge on any atom is 0.0471 e. The Bertz CT molecular complexity index is 151. The van der Waals surface area contributed by atoms with Crippen LogP contribution in [0.3, 0.4) is 0 Å². The number of rotatable bonds is 9. The lowest BCUT2D eigenvalue weighted by molar-refractivity contribution is 0.103. The first-order chi connectivity index (χ1) is 7.49. The standard InChI is InChI=1S/C14H31NO/c1-6-13(15-7-2)9-8-11-16-12-10-14(3,4)5/h13,15H,6-12H2,1-5H3. The molecule has 0 aliphatic carbocycles. The second-order valence-electron chi connectivity index (χ2n) is 5.73. The maximum absolute atomic E-state index is 5.65. The fourth-order valence-corrected chi connectivity index (χ4v) is 1.65. The van der Waals surface area contributed by atoms with Crippen LogP contribution in [-0.2, 0) is 4.74 Å². The lowest BCUT2D eigenvalue weighted by Gasteiger charge is -2.18. The summed E-state index contributed by atoms with van der Waals surface area (Å²) in [5.41, 5.74) is 0.399. The van der Waals surface area contributed by atoms with Gasteiger partial charge in [-0.25, -0.2) is 0 Å². The van der Waals surface area contributed by atoms with E-state index in [0.717, 1.165) is 26.2 Å². The van der Waals surface area contributed by atoms with Crippen molar-refractivity contribution in [1.82, 2.24) is 5.32 Å². The van der Waals surface area contributed by atoms with Crippen LogP contribution in [0.15, 0.2) is 0 Å². The van der Waals surface area contributed by atoms with Gasteiger partial charge in [-0.3, -0.25) is 0 Å². The number of ether oxygens (including phenoxy) is 1. The minimum atomic E-state index is 0.399. The van der Waals surface area contributed by atoms with Gasteiger partial charge in [0.25, 0.3) is 0 Å². The summed E-state index contributed by atoms with van der Waals surface area (Å²) < 4.78 is 5.65. The second kappa shape index (κ2) is 9.00. The minimum Gasteiger partial charge on any atom is -0.381 e. The van der Waals surface area contributed by atoms with Crippen molar-refractivity contribution in [3.05, 3.63) is 0 Å². The van der Waals surface area contributed by atoms with Gasteiger partial charge in [0, 0.05) is 19.3 Å². The zero-order valence-electron chi connectivity index (χ0n) is 11.9. The van der Waals surface area contributed by atoms with E-state index in [-0.39, 0.29) is 0 Å². The first kappa shape index (κ1) is 15.9. The lowest BCUT2D eigenvalue weighted by Crippen LogP contribution is -2.28. The van der Waals surface area contributed by atoms with Gasteiger partial charge in [-0.1, -0.05) is 34.6 Å². The summed E-state index contributed by atoms with van der Waals surface area (Å²) in [5, 5.41) is 3.49. The fraction of sp³-hybridized carbons (Fsp3) is 1.00. The molecule has 1 atom stereocenters. The molecule has 0 heterocycles. The summed E-state index contributed by atoms with van der Waals surface area (Å²) in [4.78, 5) is 0. The maximum atomic E-state index is 5.65. The van der Waals surface area contributed by atoms with Gasteiger partial charge in [0.15, 0.2) is 0 Å². The Balaban J connectivity index is 3.32. The van der Waals surface area contributed by atoms with Gasteiger partial charge in [0.05, 0.1) is 0 Å². The van der Waals surface area contributed by atoms with Crippen molar-refractivity contribution < 1.29 is 4.74 Å². The molecular weight excluding hydrogens is 198 g/mol. The third-order valence-electron chi connectivity index (χ3n) is 2.82. The van der Waals surface area contributed by atoms with Crippen LogP contribution in [0.5, 0.6) is 0 Å². The topological polar surface area (TPSA) is 21.3 Å². The average molecular weight is 229 g/mol. The molecule has 0 rings (SSSR count). The minimum absolute atomic E-state index is 0.399. The molecule has 0 aliphatic heterocycles. The molecule has 0 amide bonds. The molecule has 0 fully saturated rings. The van der Waals surface area contributed by atoms with Crippen LogP contribution >= 0.6 is 0 Å². The van der Waals surface area contributed by atoms with E-state index in [9.17, 15) is 0 Å². The van der Waals surface area contributed by atoms with E-state index in [4.69, 9.17) is 4.74 Å². The Hall–Kier alpha value is -0.0800. The van der Waals surface area contributed by atoms with Gasteiger partial charge < -0.3 is 10.1 Å². The van der Waals surface area contributed by atoms with Crippen molar-refractivity contribution in [2.24, 2.45) is 5.41 Å². The molecule has 98 valence electrons. The van der Waals surface area contributed by atoms with Gasteiger partial charge in [0.2, 0.25) is 0 Å². The van der Waals surface area contributed by atoms with Crippen LogP contribution in [0.25, 0.3) is 0 Å². The van der Waals surface area contributed by atoms with Gasteiger partial charge in [-0.05, 0) is 37.6 Å². The molecule has 0 bridgehead atoms. The van der Waals surface area contributed by atoms with Crippen LogP contribution in [0.1, 0.15) is 60.3 Å².